The second-order valence-electron chi connectivity index (χ2n) is 3.81. The average molecular weight is 277 g/mol. The second-order valence-corrected chi connectivity index (χ2v) is 3.81. The highest BCUT2D eigenvalue weighted by Gasteiger charge is 2.09. The van der Waals surface area contributed by atoms with Crippen molar-refractivity contribution in [3.63, 3.8) is 0 Å². The van der Waals surface area contributed by atoms with Crippen LogP contribution in [0.3, 0.4) is 0 Å². The molecule has 6 nitrogen and oxygen atoms in total. The van der Waals surface area contributed by atoms with Gasteiger partial charge in [0.2, 0.25) is 5.91 Å². The number of amides is 1. The number of benzene rings is 1. The Balaban J connectivity index is 2.18. The van der Waals surface area contributed by atoms with Crippen molar-refractivity contribution in [1.82, 2.24) is 9.97 Å². The number of halogens is 1. The fourth-order valence-corrected chi connectivity index (χ4v) is 1.40. The first kappa shape index (κ1) is 13.7. The third kappa shape index (κ3) is 3.41. The summed E-state index contributed by atoms with van der Waals surface area (Å²) in [6, 6.07) is 6.65. The highest BCUT2D eigenvalue weighted by atomic mass is 19.1. The van der Waals surface area contributed by atoms with E-state index in [0.29, 0.717) is 11.5 Å². The number of carbonyl (C=O) groups is 1. The van der Waals surface area contributed by atoms with Crippen LogP contribution in [-0.2, 0) is 4.79 Å². The van der Waals surface area contributed by atoms with Gasteiger partial charge in [0.05, 0.1) is 13.3 Å². The molecular formula is C13H12FN3O3. The number of ether oxygens (including phenoxy) is 2. The van der Waals surface area contributed by atoms with Crippen LogP contribution in [0.1, 0.15) is 6.92 Å². The summed E-state index contributed by atoms with van der Waals surface area (Å²) in [5.74, 6) is -0.251. The zero-order chi connectivity index (χ0) is 14.5. The van der Waals surface area contributed by atoms with Gasteiger partial charge in [-0.05, 0) is 24.3 Å². The number of carbonyl (C=O) groups excluding carboxylic acids is 1. The monoisotopic (exact) mass is 277 g/mol. The summed E-state index contributed by atoms with van der Waals surface area (Å²) >= 11 is 0. The smallest absolute Gasteiger partial charge is 0.324 e. The molecule has 20 heavy (non-hydrogen) atoms. The second kappa shape index (κ2) is 5.96. The van der Waals surface area contributed by atoms with Crippen LogP contribution in [-0.4, -0.2) is 23.0 Å². The molecular weight excluding hydrogens is 265 g/mol. The summed E-state index contributed by atoms with van der Waals surface area (Å²) in [5, 5.41) is 2.25. The molecule has 7 heteroatoms. The van der Waals surface area contributed by atoms with Gasteiger partial charge in [0, 0.05) is 6.92 Å². The van der Waals surface area contributed by atoms with E-state index in [1.165, 1.54) is 6.92 Å². The Kier molecular flexibility index (Phi) is 4.09. The number of hydrogen-bond donors (Lipinski definition) is 1. The van der Waals surface area contributed by atoms with Gasteiger partial charge in [-0.25, -0.2) is 9.37 Å². The molecule has 0 radical (unpaired) electrons. The van der Waals surface area contributed by atoms with Crippen LogP contribution < -0.4 is 14.8 Å². The fourth-order valence-electron chi connectivity index (χ4n) is 1.40. The van der Waals surface area contributed by atoms with Crippen LogP contribution in [0.2, 0.25) is 0 Å². The zero-order valence-electron chi connectivity index (χ0n) is 10.9. The molecule has 0 aliphatic carbocycles. The molecule has 0 fully saturated rings. The van der Waals surface area contributed by atoms with E-state index in [0.717, 1.165) is 6.20 Å². The van der Waals surface area contributed by atoms with Crippen LogP contribution in [0.15, 0.2) is 30.5 Å². The minimum Gasteiger partial charge on any atom is -0.497 e. The summed E-state index contributed by atoms with van der Waals surface area (Å²) in [6.45, 7) is 1.26. The van der Waals surface area contributed by atoms with Crippen molar-refractivity contribution < 1.29 is 18.7 Å². The summed E-state index contributed by atoms with van der Waals surface area (Å²) in [4.78, 5) is 18.4. The lowest BCUT2D eigenvalue weighted by Gasteiger charge is -2.07. The lowest BCUT2D eigenvalue weighted by molar-refractivity contribution is -0.114. The molecule has 1 N–H and O–H groups in total. The highest BCUT2D eigenvalue weighted by Crippen LogP contribution is 2.22. The lowest BCUT2D eigenvalue weighted by atomic mass is 10.3. The molecule has 0 aliphatic heterocycles. The van der Waals surface area contributed by atoms with E-state index >= 15 is 0 Å². The van der Waals surface area contributed by atoms with Crippen LogP contribution >= 0.6 is 0 Å². The Morgan fingerprint density at radius 3 is 2.50 bits per heavy atom. The Labute approximate surface area is 114 Å². The first-order chi connectivity index (χ1) is 9.58. The number of aromatic nitrogens is 2. The molecule has 1 amide bonds. The molecule has 2 rings (SSSR count). The molecule has 1 aromatic carbocycles. The highest BCUT2D eigenvalue weighted by molar-refractivity contribution is 5.87. The Bertz CT molecular complexity index is 617. The van der Waals surface area contributed by atoms with Crippen LogP contribution in [0.5, 0.6) is 17.5 Å². The van der Waals surface area contributed by atoms with Gasteiger partial charge in [-0.1, -0.05) is 0 Å². The van der Waals surface area contributed by atoms with Crippen molar-refractivity contribution in [2.24, 2.45) is 0 Å². The Hall–Kier alpha value is -2.70. The van der Waals surface area contributed by atoms with Gasteiger partial charge in [-0.2, -0.15) is 4.98 Å². The predicted octanol–water partition coefficient (Wildman–Crippen LogP) is 2.38. The van der Waals surface area contributed by atoms with Crippen molar-refractivity contribution in [2.45, 2.75) is 6.92 Å². The van der Waals surface area contributed by atoms with Gasteiger partial charge in [-0.3, -0.25) is 4.79 Å². The third-order valence-corrected chi connectivity index (χ3v) is 2.29. The molecule has 104 valence electrons. The number of hydrogen-bond acceptors (Lipinski definition) is 5. The average Bonchev–Trinajstić information content (AvgIpc) is 2.43. The van der Waals surface area contributed by atoms with Crippen molar-refractivity contribution in [3.8, 4) is 17.5 Å². The van der Waals surface area contributed by atoms with E-state index < -0.39 is 11.7 Å². The summed E-state index contributed by atoms with van der Waals surface area (Å²) in [6.07, 6.45) is 0.928. The maximum absolute atomic E-state index is 13.4. The molecule has 0 spiro atoms. The molecule has 0 atom stereocenters. The molecule has 0 unspecified atom stereocenters. The minimum absolute atomic E-state index is 0.0692. The van der Waals surface area contributed by atoms with Crippen molar-refractivity contribution in [2.75, 3.05) is 12.4 Å². The van der Waals surface area contributed by atoms with Crippen molar-refractivity contribution in [3.05, 3.63) is 36.3 Å². The van der Waals surface area contributed by atoms with Gasteiger partial charge < -0.3 is 14.8 Å². The van der Waals surface area contributed by atoms with Gasteiger partial charge >= 0.3 is 6.01 Å². The topological polar surface area (TPSA) is 73.3 Å². The summed E-state index contributed by atoms with van der Waals surface area (Å²) in [5.41, 5.74) is 0. The molecule has 2 aromatic rings. The maximum atomic E-state index is 13.4. The minimum atomic E-state index is -0.734. The summed E-state index contributed by atoms with van der Waals surface area (Å²) < 4.78 is 23.7. The number of nitrogens with zero attached hydrogens (tertiary/aromatic N) is 2. The van der Waals surface area contributed by atoms with E-state index in [9.17, 15) is 9.18 Å². The standard InChI is InChI=1S/C13H12FN3O3/c1-8(18)16-12-11(14)7-15-13(17-12)20-10-5-3-9(19-2)4-6-10/h3-7H,1-2H3,(H,15,16,17,18). The van der Waals surface area contributed by atoms with E-state index in [-0.39, 0.29) is 11.8 Å². The molecule has 1 heterocycles. The lowest BCUT2D eigenvalue weighted by Crippen LogP contribution is -2.10. The summed E-state index contributed by atoms with van der Waals surface area (Å²) in [7, 11) is 1.55. The number of anilines is 1. The van der Waals surface area contributed by atoms with Gasteiger partial charge in [0.25, 0.3) is 0 Å². The van der Waals surface area contributed by atoms with E-state index in [2.05, 4.69) is 15.3 Å². The quantitative estimate of drug-likeness (QED) is 0.928. The predicted molar refractivity (Wildman–Crippen MR) is 69.4 cm³/mol. The molecule has 0 saturated heterocycles. The largest absolute Gasteiger partial charge is 0.497 e. The zero-order valence-corrected chi connectivity index (χ0v) is 10.9. The maximum Gasteiger partial charge on any atom is 0.324 e. The van der Waals surface area contributed by atoms with Crippen LogP contribution in [0.4, 0.5) is 10.2 Å². The van der Waals surface area contributed by atoms with Crippen LogP contribution in [0, 0.1) is 5.82 Å². The van der Waals surface area contributed by atoms with Gasteiger partial charge in [0.15, 0.2) is 11.6 Å². The molecule has 0 saturated carbocycles. The van der Waals surface area contributed by atoms with Gasteiger partial charge in [-0.15, -0.1) is 0 Å². The van der Waals surface area contributed by atoms with Crippen molar-refractivity contribution in [1.29, 1.82) is 0 Å². The van der Waals surface area contributed by atoms with Crippen LogP contribution in [0.25, 0.3) is 0 Å². The van der Waals surface area contributed by atoms with Crippen molar-refractivity contribution >= 4 is 11.7 Å². The molecule has 1 aromatic heterocycles. The fraction of sp³-hybridized carbons (Fsp3) is 0.154. The first-order valence-electron chi connectivity index (χ1n) is 5.70. The van der Waals surface area contributed by atoms with E-state index in [1.54, 1.807) is 31.4 Å². The number of rotatable bonds is 4. The normalized spacial score (nSPS) is 9.95. The van der Waals surface area contributed by atoms with Gasteiger partial charge in [0.1, 0.15) is 11.5 Å². The van der Waals surface area contributed by atoms with E-state index in [4.69, 9.17) is 9.47 Å². The van der Waals surface area contributed by atoms with E-state index in [1.807, 2.05) is 0 Å². The third-order valence-electron chi connectivity index (χ3n) is 2.29. The molecule has 0 aliphatic rings. The SMILES string of the molecule is COc1ccc(Oc2ncc(F)c(NC(C)=O)n2)cc1. The number of methoxy groups -OCH3 is 1. The molecule has 0 bridgehead atoms. The Morgan fingerprint density at radius 2 is 1.90 bits per heavy atom. The first-order valence-corrected chi connectivity index (χ1v) is 5.70. The Morgan fingerprint density at radius 1 is 1.25 bits per heavy atom. The number of nitrogens with one attached hydrogen (secondary N) is 1.